The van der Waals surface area contributed by atoms with Crippen LogP contribution in [-0.4, -0.2) is 36.6 Å². The largest absolute Gasteiger partial charge is 0.301 e. The molecule has 1 rings (SSSR count). The Labute approximate surface area is 106 Å². The maximum absolute atomic E-state index is 9.32. The number of nitrogens with zero attached hydrogens (tertiary/aromatic N) is 2. The van der Waals surface area contributed by atoms with E-state index in [4.69, 9.17) is 0 Å². The normalized spacial score (nSPS) is 21.1. The van der Waals surface area contributed by atoms with Crippen molar-refractivity contribution < 1.29 is 0 Å². The van der Waals surface area contributed by atoms with E-state index in [0.717, 1.165) is 19.5 Å². The second-order valence-corrected chi connectivity index (χ2v) is 5.58. The summed E-state index contributed by atoms with van der Waals surface area (Å²) in [6, 6.07) is 3.11. The first-order chi connectivity index (χ1) is 8.11. The first kappa shape index (κ1) is 14.5. The summed E-state index contributed by atoms with van der Waals surface area (Å²) in [4.78, 5) is 2.38. The summed E-state index contributed by atoms with van der Waals surface area (Å²) in [5.74, 6) is 0. The highest BCUT2D eigenvalue weighted by Crippen LogP contribution is 2.22. The average molecular weight is 237 g/mol. The molecule has 0 radical (unpaired) electrons. The topological polar surface area (TPSA) is 39.1 Å². The molecule has 1 N–H and O–H groups in total. The predicted octanol–water partition coefficient (Wildman–Crippen LogP) is 2.53. The van der Waals surface area contributed by atoms with Gasteiger partial charge in [0.25, 0.3) is 0 Å². The van der Waals surface area contributed by atoms with Gasteiger partial charge in [0.2, 0.25) is 0 Å². The third kappa shape index (κ3) is 4.65. The van der Waals surface area contributed by atoms with Crippen LogP contribution in [0.25, 0.3) is 0 Å². The van der Waals surface area contributed by atoms with E-state index < -0.39 is 5.54 Å². The van der Waals surface area contributed by atoms with E-state index in [-0.39, 0.29) is 0 Å². The molecule has 0 saturated heterocycles. The summed E-state index contributed by atoms with van der Waals surface area (Å²) in [6.45, 7) is 5.90. The van der Waals surface area contributed by atoms with E-state index in [2.05, 4.69) is 30.3 Å². The molecule has 3 nitrogen and oxygen atoms in total. The molecule has 1 atom stereocenters. The zero-order chi connectivity index (χ0) is 12.7. The van der Waals surface area contributed by atoms with E-state index in [1.165, 1.54) is 32.1 Å². The molecule has 0 aromatic rings. The summed E-state index contributed by atoms with van der Waals surface area (Å²) in [6.07, 6.45) is 7.75. The minimum Gasteiger partial charge on any atom is -0.301 e. The van der Waals surface area contributed by atoms with E-state index in [1.807, 2.05) is 6.92 Å². The van der Waals surface area contributed by atoms with Gasteiger partial charge in [0.05, 0.1) is 6.07 Å². The maximum Gasteiger partial charge on any atom is 0.116 e. The minimum atomic E-state index is -0.401. The molecule has 1 fully saturated rings. The van der Waals surface area contributed by atoms with Gasteiger partial charge < -0.3 is 4.90 Å². The lowest BCUT2D eigenvalue weighted by Gasteiger charge is -2.36. The third-order valence-corrected chi connectivity index (χ3v) is 3.78. The number of hydrogen-bond acceptors (Lipinski definition) is 3. The fourth-order valence-corrected chi connectivity index (χ4v) is 2.68. The molecule has 1 aliphatic rings. The fraction of sp³-hybridized carbons (Fsp3) is 0.929. The summed E-state index contributed by atoms with van der Waals surface area (Å²) < 4.78 is 0. The Bertz CT molecular complexity index is 253. The molecule has 0 amide bonds. The molecular formula is C14H27N3. The summed E-state index contributed by atoms with van der Waals surface area (Å²) in [7, 11) is 2.17. The molecule has 0 aromatic carbocycles. The maximum atomic E-state index is 9.32. The molecule has 0 heterocycles. The van der Waals surface area contributed by atoms with Crippen LogP contribution < -0.4 is 5.32 Å². The molecule has 1 unspecified atom stereocenters. The van der Waals surface area contributed by atoms with Crippen molar-refractivity contribution in [3.8, 4) is 6.07 Å². The fourth-order valence-electron chi connectivity index (χ4n) is 2.68. The van der Waals surface area contributed by atoms with Crippen molar-refractivity contribution in [1.82, 2.24) is 10.2 Å². The van der Waals surface area contributed by atoms with Crippen LogP contribution in [0.5, 0.6) is 0 Å². The van der Waals surface area contributed by atoms with Gasteiger partial charge in [-0.3, -0.25) is 5.32 Å². The number of nitriles is 1. The van der Waals surface area contributed by atoms with Gasteiger partial charge in [0.1, 0.15) is 5.54 Å². The molecule has 3 heteroatoms. The predicted molar refractivity (Wildman–Crippen MR) is 71.8 cm³/mol. The molecule has 0 aromatic heterocycles. The van der Waals surface area contributed by atoms with Crippen molar-refractivity contribution in [3.05, 3.63) is 0 Å². The molecule has 0 spiro atoms. The third-order valence-electron chi connectivity index (χ3n) is 3.78. The monoisotopic (exact) mass is 237 g/mol. The van der Waals surface area contributed by atoms with Crippen LogP contribution in [-0.2, 0) is 0 Å². The van der Waals surface area contributed by atoms with Crippen molar-refractivity contribution >= 4 is 0 Å². The Morgan fingerprint density at radius 1 is 1.35 bits per heavy atom. The zero-order valence-electron chi connectivity index (χ0n) is 11.6. The van der Waals surface area contributed by atoms with Crippen molar-refractivity contribution in [3.63, 3.8) is 0 Å². The van der Waals surface area contributed by atoms with Crippen LogP contribution in [0, 0.1) is 11.3 Å². The van der Waals surface area contributed by atoms with Gasteiger partial charge in [0.15, 0.2) is 0 Å². The van der Waals surface area contributed by atoms with E-state index in [0.29, 0.717) is 6.04 Å². The Morgan fingerprint density at radius 3 is 2.53 bits per heavy atom. The molecule has 17 heavy (non-hydrogen) atoms. The van der Waals surface area contributed by atoms with Gasteiger partial charge in [-0.2, -0.15) is 5.26 Å². The molecule has 0 bridgehead atoms. The van der Waals surface area contributed by atoms with Crippen LogP contribution >= 0.6 is 0 Å². The highest BCUT2D eigenvalue weighted by molar-refractivity contribution is 5.06. The van der Waals surface area contributed by atoms with E-state index >= 15 is 0 Å². The lowest BCUT2D eigenvalue weighted by Crippen LogP contribution is -2.52. The summed E-state index contributed by atoms with van der Waals surface area (Å²) in [5, 5.41) is 12.7. The van der Waals surface area contributed by atoms with Gasteiger partial charge in [0, 0.05) is 12.6 Å². The van der Waals surface area contributed by atoms with Crippen molar-refractivity contribution in [1.29, 1.82) is 5.26 Å². The number of rotatable bonds is 6. The minimum absolute atomic E-state index is 0.401. The summed E-state index contributed by atoms with van der Waals surface area (Å²) >= 11 is 0. The lowest BCUT2D eigenvalue weighted by molar-refractivity contribution is 0.161. The van der Waals surface area contributed by atoms with Crippen LogP contribution in [0.3, 0.4) is 0 Å². The molecular weight excluding hydrogens is 210 g/mol. The highest BCUT2D eigenvalue weighted by Gasteiger charge is 2.28. The lowest BCUT2D eigenvalue weighted by atomic mass is 9.93. The Morgan fingerprint density at radius 2 is 2.00 bits per heavy atom. The van der Waals surface area contributed by atoms with Gasteiger partial charge in [-0.1, -0.05) is 26.2 Å². The van der Waals surface area contributed by atoms with E-state index in [9.17, 15) is 5.26 Å². The van der Waals surface area contributed by atoms with Crippen LogP contribution in [0.2, 0.25) is 0 Å². The van der Waals surface area contributed by atoms with Crippen molar-refractivity contribution in [2.45, 2.75) is 64.0 Å². The van der Waals surface area contributed by atoms with Gasteiger partial charge in [-0.15, -0.1) is 0 Å². The molecule has 98 valence electrons. The molecule has 1 aliphatic carbocycles. The first-order valence-electron chi connectivity index (χ1n) is 6.98. The smallest absolute Gasteiger partial charge is 0.116 e. The second-order valence-electron chi connectivity index (χ2n) is 5.58. The SMILES string of the molecule is CCCNC(C)(C#N)CN(C)C1CCCCC1. The number of nitrogens with one attached hydrogen (secondary N) is 1. The number of likely N-dealkylation sites (N-methyl/N-ethyl adjacent to an activating group) is 1. The highest BCUT2D eigenvalue weighted by atomic mass is 15.2. The number of hydrogen-bond donors (Lipinski definition) is 1. The Kier molecular flexibility index (Phi) is 5.94. The molecule has 0 aliphatic heterocycles. The van der Waals surface area contributed by atoms with Gasteiger partial charge >= 0.3 is 0 Å². The van der Waals surface area contributed by atoms with Gasteiger partial charge in [-0.05, 0) is 39.8 Å². The van der Waals surface area contributed by atoms with Gasteiger partial charge in [-0.25, -0.2) is 0 Å². The van der Waals surface area contributed by atoms with Crippen LogP contribution in [0.15, 0.2) is 0 Å². The molecule has 1 saturated carbocycles. The zero-order valence-corrected chi connectivity index (χ0v) is 11.6. The van der Waals surface area contributed by atoms with E-state index in [1.54, 1.807) is 0 Å². The van der Waals surface area contributed by atoms with Crippen molar-refractivity contribution in [2.24, 2.45) is 0 Å². The average Bonchev–Trinajstić information content (AvgIpc) is 2.37. The quantitative estimate of drug-likeness (QED) is 0.771. The standard InChI is InChI=1S/C14H27N3/c1-4-10-16-14(2,11-15)12-17(3)13-8-6-5-7-9-13/h13,16H,4-10,12H2,1-3H3. The Hall–Kier alpha value is -0.590. The first-order valence-corrected chi connectivity index (χ1v) is 6.98. The summed E-state index contributed by atoms with van der Waals surface area (Å²) in [5.41, 5.74) is -0.401. The van der Waals surface area contributed by atoms with Crippen molar-refractivity contribution in [2.75, 3.05) is 20.1 Å². The Balaban J connectivity index is 2.46. The van der Waals surface area contributed by atoms with Crippen LogP contribution in [0.1, 0.15) is 52.4 Å². The second kappa shape index (κ2) is 6.98. The van der Waals surface area contributed by atoms with Crippen LogP contribution in [0.4, 0.5) is 0 Å².